The average Bonchev–Trinajstić information content (AvgIpc) is 3.25. The Bertz CT molecular complexity index is 1210. The van der Waals surface area contributed by atoms with Gasteiger partial charge in [0.05, 0.1) is 18.6 Å². The molecule has 0 bridgehead atoms. The van der Waals surface area contributed by atoms with Crippen molar-refractivity contribution in [2.75, 3.05) is 19.4 Å². The summed E-state index contributed by atoms with van der Waals surface area (Å²) in [5.41, 5.74) is 4.87. The Morgan fingerprint density at radius 1 is 1.06 bits per heavy atom. The van der Waals surface area contributed by atoms with Crippen LogP contribution in [0.2, 0.25) is 0 Å². The van der Waals surface area contributed by atoms with Gasteiger partial charge in [0.1, 0.15) is 5.75 Å². The minimum Gasteiger partial charge on any atom is -0.496 e. The van der Waals surface area contributed by atoms with Crippen molar-refractivity contribution in [3.8, 4) is 17.0 Å². The molecule has 164 valence electrons. The van der Waals surface area contributed by atoms with E-state index >= 15 is 0 Å². The number of nitrogens with zero attached hydrogens (tertiary/aromatic N) is 4. The van der Waals surface area contributed by atoms with Crippen molar-refractivity contribution < 1.29 is 9.53 Å². The number of ether oxygens (including phenoxy) is 1. The molecule has 0 unspecified atom stereocenters. The quantitative estimate of drug-likeness (QED) is 0.393. The molecule has 0 radical (unpaired) electrons. The first-order chi connectivity index (χ1) is 15.7. The van der Waals surface area contributed by atoms with Crippen molar-refractivity contribution in [2.24, 2.45) is 0 Å². The normalized spacial score (nSPS) is 10.9. The van der Waals surface area contributed by atoms with Crippen LogP contribution in [0.4, 0.5) is 0 Å². The van der Waals surface area contributed by atoms with E-state index in [1.165, 1.54) is 17.3 Å². The number of carbonyl (C=O) groups excluding carboxylic acids is 1. The zero-order chi connectivity index (χ0) is 22.3. The Morgan fingerprint density at radius 2 is 1.88 bits per heavy atom. The Labute approximate surface area is 191 Å². The van der Waals surface area contributed by atoms with Gasteiger partial charge in [0.2, 0.25) is 11.1 Å². The summed E-state index contributed by atoms with van der Waals surface area (Å²) in [5.74, 6) is 1.01. The lowest BCUT2D eigenvalue weighted by Gasteiger charge is -2.09. The van der Waals surface area contributed by atoms with E-state index in [0.717, 1.165) is 29.0 Å². The van der Waals surface area contributed by atoms with Gasteiger partial charge in [-0.05, 0) is 42.2 Å². The van der Waals surface area contributed by atoms with E-state index in [0.29, 0.717) is 23.8 Å². The lowest BCUT2D eigenvalue weighted by atomic mass is 10.1. The molecule has 0 saturated heterocycles. The lowest BCUT2D eigenvalue weighted by Crippen LogP contribution is -2.27. The molecular formula is C24H25N5O2S. The second kappa shape index (κ2) is 10.3. The van der Waals surface area contributed by atoms with Crippen LogP contribution in [-0.4, -0.2) is 45.1 Å². The first-order valence-electron chi connectivity index (χ1n) is 10.5. The number of thioether (sulfide) groups is 1. The highest BCUT2D eigenvalue weighted by atomic mass is 32.2. The molecule has 0 aliphatic rings. The molecule has 4 aromatic rings. The standard InChI is InChI=1S/C24H25N5O2S/c1-3-17-8-10-18(11-9-17)20-12-13-22-26-27-24(29(22)28-20)32-16-23(30)25-15-14-19-6-4-5-7-21(19)31-2/h4-13H,3,14-16H2,1-2H3,(H,25,30). The van der Waals surface area contributed by atoms with Gasteiger partial charge in [0, 0.05) is 12.1 Å². The summed E-state index contributed by atoms with van der Waals surface area (Å²) in [7, 11) is 1.65. The fourth-order valence-corrected chi connectivity index (χ4v) is 4.07. The van der Waals surface area contributed by atoms with E-state index in [4.69, 9.17) is 4.74 Å². The van der Waals surface area contributed by atoms with Crippen molar-refractivity contribution in [1.82, 2.24) is 25.1 Å². The van der Waals surface area contributed by atoms with Crippen LogP contribution in [0.5, 0.6) is 5.75 Å². The second-order valence-electron chi connectivity index (χ2n) is 7.22. The van der Waals surface area contributed by atoms with Gasteiger partial charge in [0.15, 0.2) is 5.65 Å². The second-order valence-corrected chi connectivity index (χ2v) is 8.16. The molecule has 2 heterocycles. The van der Waals surface area contributed by atoms with Crippen molar-refractivity contribution in [3.63, 3.8) is 0 Å². The van der Waals surface area contributed by atoms with Crippen molar-refractivity contribution in [1.29, 1.82) is 0 Å². The van der Waals surface area contributed by atoms with Gasteiger partial charge in [-0.25, -0.2) is 0 Å². The SMILES string of the molecule is CCc1ccc(-c2ccc3nnc(SCC(=O)NCCc4ccccc4OC)n3n2)cc1. The molecule has 0 saturated carbocycles. The number of para-hydroxylation sites is 1. The number of aryl methyl sites for hydroxylation is 1. The summed E-state index contributed by atoms with van der Waals surface area (Å²) < 4.78 is 7.04. The van der Waals surface area contributed by atoms with Crippen LogP contribution in [-0.2, 0) is 17.6 Å². The molecular weight excluding hydrogens is 422 g/mol. The molecule has 1 N–H and O–H groups in total. The number of amides is 1. The highest BCUT2D eigenvalue weighted by Crippen LogP contribution is 2.21. The third-order valence-corrected chi connectivity index (χ3v) is 6.05. The van der Waals surface area contributed by atoms with Crippen LogP contribution in [0.3, 0.4) is 0 Å². The monoisotopic (exact) mass is 447 g/mol. The van der Waals surface area contributed by atoms with E-state index in [2.05, 4.69) is 51.8 Å². The van der Waals surface area contributed by atoms with Crippen LogP contribution in [0.1, 0.15) is 18.1 Å². The number of hydrogen-bond donors (Lipinski definition) is 1. The highest BCUT2D eigenvalue weighted by Gasteiger charge is 2.12. The van der Waals surface area contributed by atoms with E-state index < -0.39 is 0 Å². The van der Waals surface area contributed by atoms with Gasteiger partial charge in [-0.1, -0.05) is 61.2 Å². The van der Waals surface area contributed by atoms with Crippen LogP contribution in [0.25, 0.3) is 16.9 Å². The van der Waals surface area contributed by atoms with Crippen LogP contribution in [0.15, 0.2) is 65.8 Å². The number of fused-ring (bicyclic) bond motifs is 1. The minimum absolute atomic E-state index is 0.0621. The summed E-state index contributed by atoms with van der Waals surface area (Å²) in [6, 6.07) is 20.0. The Balaban J connectivity index is 1.36. The van der Waals surface area contributed by atoms with Gasteiger partial charge < -0.3 is 10.1 Å². The highest BCUT2D eigenvalue weighted by molar-refractivity contribution is 7.99. The fraction of sp³-hybridized carbons (Fsp3) is 0.250. The van der Waals surface area contributed by atoms with Gasteiger partial charge in [-0.15, -0.1) is 10.2 Å². The predicted molar refractivity (Wildman–Crippen MR) is 126 cm³/mol. The van der Waals surface area contributed by atoms with Crippen molar-refractivity contribution in [3.05, 3.63) is 71.8 Å². The van der Waals surface area contributed by atoms with Crippen LogP contribution >= 0.6 is 11.8 Å². The number of carbonyl (C=O) groups is 1. The van der Waals surface area contributed by atoms with E-state index in [1.807, 2.05) is 36.4 Å². The molecule has 2 aromatic heterocycles. The fourth-order valence-electron chi connectivity index (χ4n) is 3.35. The summed E-state index contributed by atoms with van der Waals surface area (Å²) >= 11 is 1.32. The number of aromatic nitrogens is 4. The minimum atomic E-state index is -0.0621. The summed E-state index contributed by atoms with van der Waals surface area (Å²) in [4.78, 5) is 12.3. The maximum Gasteiger partial charge on any atom is 0.230 e. The molecule has 0 fully saturated rings. The van der Waals surface area contributed by atoms with Gasteiger partial charge in [0.25, 0.3) is 0 Å². The first-order valence-corrected chi connectivity index (χ1v) is 11.5. The zero-order valence-electron chi connectivity index (χ0n) is 18.1. The number of nitrogens with one attached hydrogen (secondary N) is 1. The molecule has 0 atom stereocenters. The van der Waals surface area contributed by atoms with Crippen molar-refractivity contribution >= 4 is 23.3 Å². The number of benzene rings is 2. The molecule has 2 aromatic carbocycles. The molecule has 7 nitrogen and oxygen atoms in total. The zero-order valence-corrected chi connectivity index (χ0v) is 18.9. The van der Waals surface area contributed by atoms with E-state index in [9.17, 15) is 4.79 Å². The molecule has 4 rings (SSSR count). The number of rotatable bonds is 9. The molecule has 32 heavy (non-hydrogen) atoms. The van der Waals surface area contributed by atoms with Crippen LogP contribution < -0.4 is 10.1 Å². The lowest BCUT2D eigenvalue weighted by molar-refractivity contribution is -0.118. The predicted octanol–water partition coefficient (Wildman–Crippen LogP) is 3.81. The number of hydrogen-bond acceptors (Lipinski definition) is 6. The Hall–Kier alpha value is -3.39. The average molecular weight is 448 g/mol. The molecule has 0 spiro atoms. The molecule has 0 aliphatic carbocycles. The molecule has 1 amide bonds. The smallest absolute Gasteiger partial charge is 0.230 e. The summed E-state index contributed by atoms with van der Waals surface area (Å²) in [5, 5.41) is 16.6. The maximum atomic E-state index is 12.3. The largest absolute Gasteiger partial charge is 0.496 e. The van der Waals surface area contributed by atoms with Gasteiger partial charge in [-0.3, -0.25) is 4.79 Å². The molecule has 0 aliphatic heterocycles. The van der Waals surface area contributed by atoms with Gasteiger partial charge in [-0.2, -0.15) is 9.61 Å². The summed E-state index contributed by atoms with van der Waals surface area (Å²) in [6.45, 7) is 2.67. The first kappa shape index (κ1) is 21.8. The topological polar surface area (TPSA) is 81.4 Å². The Kier molecular flexibility index (Phi) is 7.01. The number of methoxy groups -OCH3 is 1. The van der Waals surface area contributed by atoms with Gasteiger partial charge >= 0.3 is 0 Å². The third-order valence-electron chi connectivity index (χ3n) is 5.13. The van der Waals surface area contributed by atoms with E-state index in [-0.39, 0.29) is 11.7 Å². The van der Waals surface area contributed by atoms with E-state index in [1.54, 1.807) is 11.6 Å². The molecule has 8 heteroatoms. The van der Waals surface area contributed by atoms with Crippen molar-refractivity contribution in [2.45, 2.75) is 24.9 Å². The van der Waals surface area contributed by atoms with Crippen LogP contribution in [0, 0.1) is 0 Å². The Morgan fingerprint density at radius 3 is 2.66 bits per heavy atom. The third kappa shape index (κ3) is 5.08. The maximum absolute atomic E-state index is 12.3. The summed E-state index contributed by atoms with van der Waals surface area (Å²) in [6.07, 6.45) is 1.70.